The SMILES string of the molecule is CCCCCCCCCCCCCCCCC(=O)OC[C@@H](COC(=O)CCCCCCCCCCCCCCCCCC(C)C)OC(=O)CCCCCCCCCCCCCCCCC(C)C. The summed E-state index contributed by atoms with van der Waals surface area (Å²) in [6.45, 7) is 11.4. The molecular weight excluding hydrogens is 829 g/mol. The summed E-state index contributed by atoms with van der Waals surface area (Å²) < 4.78 is 16.9. The Morgan fingerprint density at radius 2 is 0.493 bits per heavy atom. The van der Waals surface area contributed by atoms with Crippen LogP contribution in [-0.2, 0) is 28.6 Å². The van der Waals surface area contributed by atoms with Crippen molar-refractivity contribution in [2.24, 2.45) is 11.8 Å². The molecule has 67 heavy (non-hydrogen) atoms. The van der Waals surface area contributed by atoms with Crippen LogP contribution in [0.25, 0.3) is 0 Å². The molecule has 0 aromatic heterocycles. The van der Waals surface area contributed by atoms with Crippen molar-refractivity contribution in [2.75, 3.05) is 13.2 Å². The Morgan fingerprint density at radius 1 is 0.284 bits per heavy atom. The second-order valence-electron chi connectivity index (χ2n) is 21.9. The topological polar surface area (TPSA) is 78.9 Å². The van der Waals surface area contributed by atoms with Crippen LogP contribution in [0.15, 0.2) is 0 Å². The lowest BCUT2D eigenvalue weighted by Crippen LogP contribution is -2.30. The number of carbonyl (C=O) groups is 3. The van der Waals surface area contributed by atoms with E-state index < -0.39 is 6.10 Å². The Morgan fingerprint density at radius 3 is 0.731 bits per heavy atom. The molecule has 1 atom stereocenters. The van der Waals surface area contributed by atoms with Crippen LogP contribution < -0.4 is 0 Å². The minimum atomic E-state index is -0.763. The van der Waals surface area contributed by atoms with E-state index in [1.165, 1.54) is 231 Å². The summed E-state index contributed by atoms with van der Waals surface area (Å²) in [4.78, 5) is 38.2. The molecule has 0 aliphatic rings. The molecule has 0 bridgehead atoms. The average Bonchev–Trinajstić information content (AvgIpc) is 3.30. The number of hydrogen-bond acceptors (Lipinski definition) is 6. The predicted octanol–water partition coefficient (Wildman–Crippen LogP) is 20.0. The zero-order chi connectivity index (χ0) is 48.9. The fourth-order valence-corrected chi connectivity index (χ4v) is 9.40. The number of esters is 3. The molecule has 0 aromatic carbocycles. The van der Waals surface area contributed by atoms with Crippen LogP contribution in [-0.4, -0.2) is 37.2 Å². The lowest BCUT2D eigenvalue weighted by atomic mass is 10.0. The monoisotopic (exact) mass is 947 g/mol. The molecule has 0 amide bonds. The van der Waals surface area contributed by atoms with E-state index in [1.807, 2.05) is 0 Å². The molecule has 0 aliphatic heterocycles. The quantitative estimate of drug-likeness (QED) is 0.0343. The first-order valence-electron chi connectivity index (χ1n) is 30.2. The first kappa shape index (κ1) is 65.4. The highest BCUT2D eigenvalue weighted by atomic mass is 16.6. The third kappa shape index (κ3) is 55.2. The van der Waals surface area contributed by atoms with E-state index in [9.17, 15) is 14.4 Å². The van der Waals surface area contributed by atoms with Gasteiger partial charge in [-0.3, -0.25) is 14.4 Å². The van der Waals surface area contributed by atoms with E-state index in [4.69, 9.17) is 14.2 Å². The highest BCUT2D eigenvalue weighted by Crippen LogP contribution is 2.18. The lowest BCUT2D eigenvalue weighted by molar-refractivity contribution is -0.167. The molecule has 0 rings (SSSR count). The molecule has 398 valence electrons. The third-order valence-electron chi connectivity index (χ3n) is 14.0. The smallest absolute Gasteiger partial charge is 0.306 e. The van der Waals surface area contributed by atoms with Crippen LogP contribution in [0.3, 0.4) is 0 Å². The van der Waals surface area contributed by atoms with Crippen LogP contribution in [0.1, 0.15) is 343 Å². The average molecular weight is 948 g/mol. The van der Waals surface area contributed by atoms with Gasteiger partial charge in [-0.25, -0.2) is 0 Å². The zero-order valence-corrected chi connectivity index (χ0v) is 46.0. The van der Waals surface area contributed by atoms with E-state index in [2.05, 4.69) is 34.6 Å². The first-order chi connectivity index (χ1) is 32.7. The molecule has 0 heterocycles. The maximum absolute atomic E-state index is 12.9. The molecule has 0 saturated carbocycles. The van der Waals surface area contributed by atoms with Crippen molar-refractivity contribution in [1.29, 1.82) is 0 Å². The summed E-state index contributed by atoms with van der Waals surface area (Å²) in [5.74, 6) is 0.858. The minimum absolute atomic E-state index is 0.0622. The highest BCUT2D eigenvalue weighted by Gasteiger charge is 2.19. The van der Waals surface area contributed by atoms with Gasteiger partial charge in [0.1, 0.15) is 13.2 Å². The van der Waals surface area contributed by atoms with Gasteiger partial charge in [-0.15, -0.1) is 0 Å². The molecule has 0 radical (unpaired) electrons. The largest absolute Gasteiger partial charge is 0.462 e. The maximum Gasteiger partial charge on any atom is 0.306 e. The van der Waals surface area contributed by atoms with Gasteiger partial charge in [0, 0.05) is 19.3 Å². The molecule has 0 saturated heterocycles. The van der Waals surface area contributed by atoms with Crippen LogP contribution in [0.5, 0.6) is 0 Å². The summed E-state index contributed by atoms with van der Waals surface area (Å²) in [5.41, 5.74) is 0. The number of unbranched alkanes of at least 4 members (excludes halogenated alkanes) is 40. The Kier molecular flexibility index (Phi) is 52.5. The van der Waals surface area contributed by atoms with Crippen molar-refractivity contribution in [1.82, 2.24) is 0 Å². The van der Waals surface area contributed by atoms with E-state index in [1.54, 1.807) is 0 Å². The molecule has 0 fully saturated rings. The molecule has 0 unspecified atom stereocenters. The molecule has 6 heteroatoms. The van der Waals surface area contributed by atoms with Crippen molar-refractivity contribution < 1.29 is 28.6 Å². The Labute approximate surface area is 418 Å². The van der Waals surface area contributed by atoms with Gasteiger partial charge < -0.3 is 14.2 Å². The Hall–Kier alpha value is -1.59. The fourth-order valence-electron chi connectivity index (χ4n) is 9.40. The summed E-state index contributed by atoms with van der Waals surface area (Å²) in [6.07, 6.45) is 58.1. The number of rotatable bonds is 55. The zero-order valence-electron chi connectivity index (χ0n) is 46.0. The molecule has 0 aromatic rings. The number of hydrogen-bond donors (Lipinski definition) is 0. The first-order valence-corrected chi connectivity index (χ1v) is 30.2. The lowest BCUT2D eigenvalue weighted by Gasteiger charge is -2.18. The van der Waals surface area contributed by atoms with Crippen molar-refractivity contribution in [2.45, 2.75) is 349 Å². The van der Waals surface area contributed by atoms with Crippen LogP contribution in [0.2, 0.25) is 0 Å². The Balaban J connectivity index is 4.29. The van der Waals surface area contributed by atoms with Gasteiger partial charge in [-0.2, -0.15) is 0 Å². The van der Waals surface area contributed by atoms with Gasteiger partial charge in [0.25, 0.3) is 0 Å². The minimum Gasteiger partial charge on any atom is -0.462 e. The van der Waals surface area contributed by atoms with Crippen molar-refractivity contribution in [3.63, 3.8) is 0 Å². The van der Waals surface area contributed by atoms with Crippen molar-refractivity contribution in [3.8, 4) is 0 Å². The van der Waals surface area contributed by atoms with Crippen molar-refractivity contribution >= 4 is 17.9 Å². The second kappa shape index (κ2) is 53.8. The van der Waals surface area contributed by atoms with Gasteiger partial charge in [-0.1, -0.05) is 304 Å². The van der Waals surface area contributed by atoms with Gasteiger partial charge in [0.2, 0.25) is 0 Å². The highest BCUT2D eigenvalue weighted by molar-refractivity contribution is 5.71. The summed E-state index contributed by atoms with van der Waals surface area (Å²) in [7, 11) is 0. The predicted molar refractivity (Wildman–Crippen MR) is 289 cm³/mol. The van der Waals surface area contributed by atoms with Gasteiger partial charge in [-0.05, 0) is 31.1 Å². The second-order valence-corrected chi connectivity index (χ2v) is 21.9. The summed E-state index contributed by atoms with van der Waals surface area (Å²) in [5, 5.41) is 0. The van der Waals surface area contributed by atoms with E-state index in [0.29, 0.717) is 19.3 Å². The summed E-state index contributed by atoms with van der Waals surface area (Å²) in [6, 6.07) is 0. The fraction of sp³-hybridized carbons (Fsp3) is 0.951. The van der Waals surface area contributed by atoms with Crippen LogP contribution in [0.4, 0.5) is 0 Å². The molecular formula is C61H118O6. The van der Waals surface area contributed by atoms with E-state index in [-0.39, 0.29) is 31.1 Å². The van der Waals surface area contributed by atoms with E-state index >= 15 is 0 Å². The van der Waals surface area contributed by atoms with E-state index in [0.717, 1.165) is 69.6 Å². The van der Waals surface area contributed by atoms with Gasteiger partial charge >= 0.3 is 17.9 Å². The van der Waals surface area contributed by atoms with Gasteiger partial charge in [0.15, 0.2) is 6.10 Å². The van der Waals surface area contributed by atoms with Crippen LogP contribution >= 0.6 is 0 Å². The van der Waals surface area contributed by atoms with Crippen molar-refractivity contribution in [3.05, 3.63) is 0 Å². The number of carbonyl (C=O) groups excluding carboxylic acids is 3. The normalized spacial score (nSPS) is 12.0. The molecule has 0 N–H and O–H groups in total. The summed E-state index contributed by atoms with van der Waals surface area (Å²) >= 11 is 0. The Bertz CT molecular complexity index is 1020. The van der Waals surface area contributed by atoms with Crippen LogP contribution in [0, 0.1) is 11.8 Å². The maximum atomic E-state index is 12.9. The number of ether oxygens (including phenoxy) is 3. The standard InChI is InChI=1S/C61H118O6/c1-6-7-8-9-10-11-12-13-21-26-31-36-41-46-51-59(62)65-54-58(67-61(64)53-48-43-38-33-28-23-18-17-20-25-30-35-40-45-50-57(4)5)55-66-60(63)52-47-42-37-32-27-22-16-14-15-19-24-29-34-39-44-49-56(2)3/h56-58H,6-55H2,1-5H3/t58-/m0/s1. The molecule has 0 aliphatic carbocycles. The molecule has 6 nitrogen and oxygen atoms in total. The van der Waals surface area contributed by atoms with Gasteiger partial charge in [0.05, 0.1) is 0 Å². The molecule has 0 spiro atoms. The third-order valence-corrected chi connectivity index (χ3v) is 14.0.